The van der Waals surface area contributed by atoms with Gasteiger partial charge in [0.1, 0.15) is 0 Å². The van der Waals surface area contributed by atoms with Crippen LogP contribution in [0.15, 0.2) is 46.8 Å². The molecule has 12 rings (SSSR count). The number of rotatable bonds is 33. The summed E-state index contributed by atoms with van der Waals surface area (Å²) >= 11 is 33.2. The molecule has 3 aromatic carbocycles. The predicted octanol–water partition coefficient (Wildman–Crippen LogP) is 26.7. The molecule has 10 aromatic rings. The number of nitriles is 2. The third kappa shape index (κ3) is 14.4. The number of hydrogen-bond donors (Lipinski definition) is 0. The predicted molar refractivity (Wildman–Crippen MR) is 432 cm³/mol. The zero-order valence-corrected chi connectivity index (χ0v) is 66.2. The van der Waals surface area contributed by atoms with Crippen LogP contribution in [0.5, 0.6) is 0 Å². The monoisotopic (exact) mass is 1560 g/mol. The average Bonchev–Trinajstić information content (AvgIpc) is 1.51. The van der Waals surface area contributed by atoms with Crippen molar-refractivity contribution in [2.45, 2.75) is 221 Å². The van der Waals surface area contributed by atoms with Gasteiger partial charge in [-0.25, -0.2) is 20.2 Å². The molecule has 7 aromatic heterocycles. The van der Waals surface area contributed by atoms with Crippen LogP contribution < -0.4 is 0 Å². The number of fused-ring (bicyclic) bond motifs is 16. The van der Waals surface area contributed by atoms with E-state index in [0.717, 1.165) is 181 Å². The first kappa shape index (κ1) is 74.4. The molecule has 0 saturated carbocycles. The van der Waals surface area contributed by atoms with Crippen molar-refractivity contribution in [2.24, 2.45) is 11.8 Å². The van der Waals surface area contributed by atoms with Crippen molar-refractivity contribution in [3.8, 4) is 24.5 Å². The fourth-order valence-electron chi connectivity index (χ4n) is 15.3. The number of benzene rings is 3. The zero-order chi connectivity index (χ0) is 71.2. The first-order chi connectivity index (χ1) is 49.2. The van der Waals surface area contributed by atoms with Crippen molar-refractivity contribution in [1.29, 1.82) is 10.5 Å². The molecule has 10 nitrogen and oxygen atoms in total. The van der Waals surface area contributed by atoms with E-state index in [4.69, 9.17) is 73.9 Å². The number of allylic oxidation sites excluding steroid dienone is 6. The molecule has 0 fully saturated rings. The van der Waals surface area contributed by atoms with Gasteiger partial charge < -0.3 is 0 Å². The Balaban J connectivity index is 1.14. The maximum atomic E-state index is 14.9. The Morgan fingerprint density at radius 3 is 1.30 bits per heavy atom. The second-order valence-electron chi connectivity index (χ2n) is 27.3. The van der Waals surface area contributed by atoms with Crippen LogP contribution in [-0.4, -0.2) is 43.6 Å². The number of aromatic nitrogens is 4. The summed E-state index contributed by atoms with van der Waals surface area (Å²) in [6.45, 7) is 29.0. The van der Waals surface area contributed by atoms with Crippen LogP contribution in [0.3, 0.4) is 0 Å². The van der Waals surface area contributed by atoms with Crippen LogP contribution in [0.1, 0.15) is 248 Å². The molecule has 2 unspecified atom stereocenters. The number of carbonyl (C=O) groups excluding carboxylic acids is 2. The van der Waals surface area contributed by atoms with Crippen LogP contribution >= 0.6 is 91.8 Å². The Morgan fingerprint density at radius 1 is 0.525 bits per heavy atom. The van der Waals surface area contributed by atoms with E-state index in [-0.39, 0.29) is 65.7 Å². The van der Waals surface area contributed by atoms with Gasteiger partial charge in [0.2, 0.25) is 0 Å². The van der Waals surface area contributed by atoms with Crippen molar-refractivity contribution < 1.29 is 9.59 Å². The van der Waals surface area contributed by atoms with Gasteiger partial charge in [0.05, 0.1) is 45.4 Å². The van der Waals surface area contributed by atoms with Crippen LogP contribution in [0, 0.1) is 60.0 Å². The van der Waals surface area contributed by atoms with Crippen LogP contribution in [0.25, 0.3) is 105 Å². The number of aryl methyl sites for hydroxylation is 2. The van der Waals surface area contributed by atoms with Gasteiger partial charge in [-0.05, 0) is 24.3 Å². The van der Waals surface area contributed by atoms with Crippen molar-refractivity contribution in [3.63, 3.8) is 0 Å². The SMILES string of the molecule is [C-]#[N+]/C(C#N)=C1\C(=C\c2sc3c(sc4c5c6n[se]nc6c6c7sc8c(CCCCCCCCCCC)c(/C=C9\C(=O)c%10cc(Cl)c(Cl)cc%10\C9=C(\C#N)[N+]#[C-])sc8c7n(CC(CC)CCCC)c6c5n(CC(C#C)CCCC)c34)c2CCCCCCCCCCC)C(=O)c2cc(Cl)c(Cl)cc21. The molecule has 7 heterocycles. The van der Waals surface area contributed by atoms with Crippen LogP contribution in [0.4, 0.5) is 0 Å². The second kappa shape index (κ2) is 33.6. The first-order valence-corrected chi connectivity index (χ1v) is 42.6. The summed E-state index contributed by atoms with van der Waals surface area (Å²) in [5.74, 6) is 2.91. The van der Waals surface area contributed by atoms with Gasteiger partial charge in [0, 0.05) is 0 Å². The maximum absolute atomic E-state index is 14.9. The molecule has 520 valence electrons. The normalized spacial score (nSPS) is 15.5. The molecule has 0 aliphatic heterocycles. The van der Waals surface area contributed by atoms with E-state index in [2.05, 4.69) is 71.5 Å². The minimum atomic E-state index is -0.427. The van der Waals surface area contributed by atoms with E-state index in [1.54, 1.807) is 58.3 Å². The fourth-order valence-corrected chi connectivity index (χ4v) is 23.1. The number of Topliss-reactive ketones (excluding diaryl/α,β-unsaturated/α-hetero) is 2. The Morgan fingerprint density at radius 2 is 0.911 bits per heavy atom. The van der Waals surface area contributed by atoms with E-state index in [0.29, 0.717) is 40.3 Å². The quantitative estimate of drug-likeness (QED) is 0.0101. The van der Waals surface area contributed by atoms with Gasteiger partial charge in [-0.1, -0.05) is 124 Å². The van der Waals surface area contributed by atoms with E-state index < -0.39 is 15.0 Å². The topological polar surface area (TPSA) is 126 Å². The smallest absolute Gasteiger partial charge is 0.0827 e. The van der Waals surface area contributed by atoms with E-state index in [1.807, 2.05) is 23.5 Å². The summed E-state index contributed by atoms with van der Waals surface area (Å²) in [5, 5.41) is 24.2. The van der Waals surface area contributed by atoms with Crippen LogP contribution in [0.2, 0.25) is 20.1 Å². The molecular weight excluding hydrogens is 1480 g/mol. The van der Waals surface area contributed by atoms with Gasteiger partial charge in [-0.15, -0.1) is 0 Å². The summed E-state index contributed by atoms with van der Waals surface area (Å²) in [7, 11) is 0. The minimum absolute atomic E-state index is 0.111. The summed E-state index contributed by atoms with van der Waals surface area (Å²) in [5.41, 5.74) is 10.9. The summed E-state index contributed by atoms with van der Waals surface area (Å²) in [6, 6.07) is 10.6. The number of hydrogen-bond acceptors (Lipinski definition) is 10. The first-order valence-electron chi connectivity index (χ1n) is 36.3. The third-order valence-electron chi connectivity index (χ3n) is 20.7. The average molecular weight is 1560 g/mol. The Bertz CT molecular complexity index is 5240. The summed E-state index contributed by atoms with van der Waals surface area (Å²) in [4.78, 5) is 39.1. The molecule has 2 aliphatic rings. The molecule has 0 spiro atoms. The van der Waals surface area contributed by atoms with Gasteiger partial charge in [-0.2, -0.15) is 0 Å². The Hall–Kier alpha value is -6.32. The van der Waals surface area contributed by atoms with Crippen LogP contribution in [-0.2, 0) is 25.9 Å². The molecule has 0 saturated heterocycles. The minimum Gasteiger partial charge on any atom is -0.0827 e. The zero-order valence-electron chi connectivity index (χ0n) is 58.1. The number of thiophene rings is 4. The molecule has 0 amide bonds. The molecule has 0 radical (unpaired) electrons. The summed E-state index contributed by atoms with van der Waals surface area (Å²) in [6.07, 6.45) is 40.3. The number of halogens is 4. The molecular formula is C82H82Cl4N8O2S4Se. The number of ketones is 2. The molecule has 0 N–H and O–H groups in total. The number of terminal acetylenes is 1. The molecule has 0 bridgehead atoms. The fraction of sp³-hybridized carbons (Fsp3) is 0.439. The van der Waals surface area contributed by atoms with Gasteiger partial charge in [0.15, 0.2) is 0 Å². The van der Waals surface area contributed by atoms with Crippen molar-refractivity contribution in [1.82, 2.24) is 17.1 Å². The number of unbranched alkanes of at least 4 members (excludes halogenated alkanes) is 18. The van der Waals surface area contributed by atoms with Gasteiger partial charge in [-0.3, -0.25) is 0 Å². The number of carbonyl (C=O) groups is 2. The van der Waals surface area contributed by atoms with E-state index in [1.165, 1.54) is 92.0 Å². The van der Waals surface area contributed by atoms with Gasteiger partial charge in [0.25, 0.3) is 0 Å². The Labute approximate surface area is 635 Å². The summed E-state index contributed by atoms with van der Waals surface area (Å²) < 4.78 is 23.1. The molecule has 19 heteroatoms. The van der Waals surface area contributed by atoms with Crippen molar-refractivity contribution >= 4 is 214 Å². The number of nitrogens with zero attached hydrogens (tertiary/aromatic N) is 8. The molecule has 2 atom stereocenters. The van der Waals surface area contributed by atoms with Crippen molar-refractivity contribution in [2.75, 3.05) is 0 Å². The molecule has 2 aliphatic carbocycles. The Kier molecular flexibility index (Phi) is 24.8. The third-order valence-corrected chi connectivity index (χ3v) is 28.4. The second-order valence-corrected chi connectivity index (χ2v) is 34.2. The standard InChI is InChI=1S/C82H82Cl4N8O2S4Se/c1-9-15-19-21-23-25-27-29-31-35-49-63(41-55-65(61(43-87)89-7)51-37-57(83)59(85)39-53(51)75(55)95)97-81-73-79(99-77(49)81)67-69-70(92-101-91-69)68-72(71(67)93(73)45-47(13-5)33-17-11-3)94(46-48(14-6)34-18-12-4)74-80(68)100-78-50(36-32-30-28-26-24-22-20-16-10-2)64(98-82(74)78)42-56-66(62(44-88)90-8)52-38-58(84)60(86)40-54(52)76(56)96/h5,37-42,47-48H,9-12,14-36,45-46H2,1-4,6H3/b55-41-,56-42-,65-61-,66-62+. The van der Waals surface area contributed by atoms with Crippen molar-refractivity contribution in [3.05, 3.63) is 133 Å². The molecule has 101 heavy (non-hydrogen) atoms. The van der Waals surface area contributed by atoms with E-state index in [9.17, 15) is 20.1 Å². The van der Waals surface area contributed by atoms with E-state index >= 15 is 0 Å². The van der Waals surface area contributed by atoms with Gasteiger partial charge >= 0.3 is 427 Å².